The second-order valence-electron chi connectivity index (χ2n) is 20.4. The maximum Gasteiger partial charge on any atom is 0.472 e. The van der Waals surface area contributed by atoms with Crippen LogP contribution in [0.3, 0.4) is 0 Å². The van der Waals surface area contributed by atoms with E-state index >= 15 is 0 Å². The van der Waals surface area contributed by atoms with Gasteiger partial charge in [-0.1, -0.05) is 154 Å². The first-order chi connectivity index (χ1) is 36.0. The predicted octanol–water partition coefficient (Wildman–Crippen LogP) is 12.8. The summed E-state index contributed by atoms with van der Waals surface area (Å²) in [4.78, 5) is 72.1. The Bertz CT molecular complexity index is 1600. The molecule has 2 fully saturated rings. The fraction of sp³-hybridized carbons (Fsp3) is 0.842. The van der Waals surface area contributed by atoms with Crippen LogP contribution in [0.25, 0.3) is 0 Å². The molecule has 429 valence electrons. The van der Waals surface area contributed by atoms with Gasteiger partial charge in [0, 0.05) is 79.3 Å². The molecule has 5 N–H and O–H groups in total. The maximum atomic E-state index is 12.9. The summed E-state index contributed by atoms with van der Waals surface area (Å²) in [6.07, 6.45) is 43.8. The topological polar surface area (TPSA) is 208 Å². The molecule has 0 aromatic heterocycles. The molecule has 2 rings (SSSR count). The zero-order chi connectivity index (χ0) is 53.6. The van der Waals surface area contributed by atoms with Crippen molar-refractivity contribution in [3.63, 3.8) is 0 Å². The Morgan fingerprint density at radius 1 is 0.600 bits per heavy atom. The van der Waals surface area contributed by atoms with Gasteiger partial charge in [0.25, 0.3) is 0 Å². The van der Waals surface area contributed by atoms with E-state index in [1.165, 1.54) is 77.0 Å². The molecule has 1 unspecified atom stereocenters. The van der Waals surface area contributed by atoms with Gasteiger partial charge >= 0.3 is 25.8 Å². The molecule has 0 aliphatic carbocycles. The smallest absolute Gasteiger partial charge is 0.462 e. The molecule has 2 heterocycles. The molecule has 0 saturated carbocycles. The summed E-state index contributed by atoms with van der Waals surface area (Å²) in [6.45, 7) is 3.89. The van der Waals surface area contributed by atoms with Gasteiger partial charge in [-0.2, -0.15) is 11.8 Å². The molecule has 0 aromatic carbocycles. The first-order valence-corrected chi connectivity index (χ1v) is 32.1. The fourth-order valence-electron chi connectivity index (χ4n) is 9.13. The van der Waals surface area contributed by atoms with E-state index in [9.17, 15) is 33.4 Å². The number of rotatable bonds is 51. The molecule has 4 amide bonds. The number of unbranched alkanes of at least 4 members (excludes halogenated alkanes) is 25. The van der Waals surface area contributed by atoms with Crippen LogP contribution in [0, 0.1) is 0 Å². The van der Waals surface area contributed by atoms with Crippen LogP contribution in [0.2, 0.25) is 0 Å². The van der Waals surface area contributed by atoms with Crippen molar-refractivity contribution >= 4 is 78.9 Å². The summed E-state index contributed by atoms with van der Waals surface area (Å²) in [6, 6.07) is 0.303. The van der Waals surface area contributed by atoms with Crippen LogP contribution < -0.4 is 21.3 Å². The van der Waals surface area contributed by atoms with Crippen molar-refractivity contribution in [3.8, 4) is 0 Å². The van der Waals surface area contributed by atoms with Crippen LogP contribution in [0.1, 0.15) is 245 Å². The summed E-state index contributed by atoms with van der Waals surface area (Å²) >= 11 is 1.88. The summed E-state index contributed by atoms with van der Waals surface area (Å²) < 4.78 is 34.1. The molecule has 75 heavy (non-hydrogen) atoms. The number of nitrogens with one attached hydrogen (secondary N) is 4. The van der Waals surface area contributed by atoms with Gasteiger partial charge in [0.2, 0.25) is 11.8 Å². The second-order valence-corrected chi connectivity index (χ2v) is 23.2. The van der Waals surface area contributed by atoms with Crippen LogP contribution in [0.15, 0.2) is 24.3 Å². The Balaban J connectivity index is 0.0000281. The van der Waals surface area contributed by atoms with Crippen molar-refractivity contribution in [2.24, 2.45) is 0 Å². The number of ether oxygens (including phenoxy) is 2. The van der Waals surface area contributed by atoms with Gasteiger partial charge < -0.3 is 35.6 Å². The number of amides is 4. The Kier molecular flexibility index (Phi) is 46.6. The number of phosphoric acid groups is 1. The molecule has 2 saturated heterocycles. The van der Waals surface area contributed by atoms with Crippen LogP contribution in [0.4, 0.5) is 4.79 Å². The molecule has 2 aliphatic heterocycles. The first-order valence-electron chi connectivity index (χ1n) is 29.5. The number of phosphoric ester groups is 1. The minimum atomic E-state index is -4.60. The van der Waals surface area contributed by atoms with Crippen LogP contribution in [-0.2, 0) is 42.3 Å². The minimum absolute atomic E-state index is 0. The van der Waals surface area contributed by atoms with Crippen LogP contribution in [-0.4, -0.2) is 126 Å². The second kappa shape index (κ2) is 49.2. The third kappa shape index (κ3) is 41.8. The van der Waals surface area contributed by atoms with Gasteiger partial charge in [-0.15, -0.1) is 0 Å². The van der Waals surface area contributed by atoms with Crippen molar-refractivity contribution in [3.05, 3.63) is 24.3 Å². The van der Waals surface area contributed by atoms with E-state index in [1.807, 2.05) is 11.8 Å². The number of carbonyl (C=O) groups is 5. The van der Waals surface area contributed by atoms with Gasteiger partial charge in [-0.05, 0) is 89.9 Å². The number of hydrogen-bond donors (Lipinski definition) is 5. The van der Waals surface area contributed by atoms with E-state index in [2.05, 4.69) is 59.4 Å². The average molecular weight is 1110 g/mol. The Labute approximate surface area is 480 Å². The maximum absolute atomic E-state index is 12.9. The third-order valence-corrected chi connectivity index (χ3v) is 16.1. The van der Waals surface area contributed by atoms with E-state index in [-0.39, 0.29) is 98.5 Å². The quantitative estimate of drug-likeness (QED) is 0.00963. The summed E-state index contributed by atoms with van der Waals surface area (Å²) in [5, 5.41) is 12.0. The van der Waals surface area contributed by atoms with E-state index in [0.29, 0.717) is 37.5 Å². The number of allylic oxidation sites excluding steroid dienone is 4. The molecule has 0 bridgehead atoms. The Hall–Kier alpha value is -1.91. The van der Waals surface area contributed by atoms with Crippen molar-refractivity contribution in [1.82, 2.24) is 21.3 Å². The molecular formula is C57H103N4NaO11PS. The summed E-state index contributed by atoms with van der Waals surface area (Å²) in [5.41, 5.74) is 0. The van der Waals surface area contributed by atoms with Crippen LogP contribution in [0.5, 0.6) is 0 Å². The molecule has 2 aliphatic rings. The molecule has 0 aromatic rings. The number of thioether (sulfide) groups is 1. The summed E-state index contributed by atoms with van der Waals surface area (Å²) in [7, 11) is -4.60. The van der Waals surface area contributed by atoms with Crippen molar-refractivity contribution in [2.45, 2.75) is 268 Å². The van der Waals surface area contributed by atoms with E-state index in [0.717, 1.165) is 115 Å². The fourth-order valence-corrected chi connectivity index (χ4v) is 11.4. The number of urea groups is 1. The zero-order valence-corrected chi connectivity index (χ0v) is 50.9. The molecular weight excluding hydrogens is 1000 g/mol. The van der Waals surface area contributed by atoms with Gasteiger partial charge in [0.1, 0.15) is 6.61 Å². The molecule has 1 radical (unpaired) electrons. The molecule has 0 spiro atoms. The molecule has 5 atom stereocenters. The molecule has 18 heteroatoms. The van der Waals surface area contributed by atoms with E-state index < -0.39 is 32.5 Å². The standard InChI is InChI=1S/C57H103N4O11PS.Na/c1-3-5-7-9-11-13-15-17-19-21-23-25-27-29-33-41-54(64)69-46-49(72-55(65)42-34-30-28-26-24-22-20-18-16-14-12-10-8-6-4-2)47-71-73(67,68)70-45-44-59-53(63)39-32-31-37-43-58-52(62)40-36-35-38-51-56-50(48-74-51)60-57(66)61-56;/h17-20,49-51,56H,3-16,21-48H2,1-2H3,(H,58,62)(H,59,63)(H,67,68)(H2,60,61,66);/b19-17+,20-18+;/t49-,50+,51+,56+;/m1./s1. The Morgan fingerprint density at radius 3 is 1.63 bits per heavy atom. The Morgan fingerprint density at radius 2 is 1.07 bits per heavy atom. The number of fused-ring (bicyclic) bond motifs is 1. The van der Waals surface area contributed by atoms with Crippen molar-refractivity contribution in [2.75, 3.05) is 38.7 Å². The van der Waals surface area contributed by atoms with Gasteiger partial charge in [-0.25, -0.2) is 9.36 Å². The minimum Gasteiger partial charge on any atom is -0.462 e. The van der Waals surface area contributed by atoms with Gasteiger partial charge in [-0.3, -0.25) is 28.2 Å². The number of carbonyl (C=O) groups excluding carboxylic acids is 5. The molecule has 15 nitrogen and oxygen atoms in total. The number of esters is 2. The largest absolute Gasteiger partial charge is 0.472 e. The number of hydrogen-bond acceptors (Lipinski definition) is 11. The normalized spacial score (nSPS) is 17.3. The van der Waals surface area contributed by atoms with Crippen LogP contribution >= 0.6 is 19.6 Å². The van der Waals surface area contributed by atoms with Gasteiger partial charge in [0.15, 0.2) is 6.10 Å². The predicted molar refractivity (Wildman–Crippen MR) is 306 cm³/mol. The summed E-state index contributed by atoms with van der Waals surface area (Å²) in [5.74, 6) is -0.209. The zero-order valence-electron chi connectivity index (χ0n) is 47.2. The third-order valence-electron chi connectivity index (χ3n) is 13.6. The average Bonchev–Trinajstić information content (AvgIpc) is 3.94. The monoisotopic (exact) mass is 1110 g/mol. The van der Waals surface area contributed by atoms with E-state index in [4.69, 9.17) is 18.5 Å². The SMILES string of the molecule is CCCCCCCC/C=C/CCCCCCCC(=O)OC[C@H](COP(=O)(O)OCCNC(=O)CCCCCNC(=O)CCCC[C@@H]1SC[C@@H]2NC(=O)N[C@@H]21)OC(=O)CCCCCCC/C=C/CCCCCCCC.[Na]. The van der Waals surface area contributed by atoms with Crippen molar-refractivity contribution < 1.29 is 52.0 Å². The van der Waals surface area contributed by atoms with Crippen molar-refractivity contribution in [1.29, 1.82) is 0 Å². The van der Waals surface area contributed by atoms with E-state index in [1.54, 1.807) is 0 Å². The van der Waals surface area contributed by atoms with Gasteiger partial charge in [0.05, 0.1) is 25.3 Å². The first kappa shape index (κ1) is 71.1.